The maximum Gasteiger partial charge on any atom is 0.272 e. The molecule has 0 atom stereocenters. The number of ether oxygens (including phenoxy) is 2. The number of benzene rings is 1. The summed E-state index contributed by atoms with van der Waals surface area (Å²) in [7, 11) is 0. The van der Waals surface area contributed by atoms with Crippen molar-refractivity contribution < 1.29 is 18.8 Å². The zero-order chi connectivity index (χ0) is 22.2. The Morgan fingerprint density at radius 2 is 2.03 bits per heavy atom. The number of thiophene rings is 1. The second-order valence-corrected chi connectivity index (χ2v) is 7.35. The largest absolute Gasteiger partial charge is 0.453 e. The number of nitrogens with zero attached hydrogens (tertiary/aromatic N) is 3. The average molecular weight is 444 g/mol. The Morgan fingerprint density at radius 3 is 2.74 bits per heavy atom. The van der Waals surface area contributed by atoms with Crippen molar-refractivity contribution in [3.63, 3.8) is 0 Å². The maximum absolute atomic E-state index is 14.2. The first kappa shape index (κ1) is 22.6. The average Bonchev–Trinajstić information content (AvgIpc) is 3.21. The van der Waals surface area contributed by atoms with Gasteiger partial charge in [0.2, 0.25) is 0 Å². The van der Waals surface area contributed by atoms with Crippen LogP contribution in [-0.2, 0) is 4.74 Å². The topological polar surface area (TPSA) is 77.7 Å². The van der Waals surface area contributed by atoms with Gasteiger partial charge in [-0.2, -0.15) is 0 Å². The molecule has 31 heavy (non-hydrogen) atoms. The van der Waals surface area contributed by atoms with E-state index < -0.39 is 10.7 Å². The molecule has 0 unspecified atom stereocenters. The second-order valence-electron chi connectivity index (χ2n) is 6.30. The van der Waals surface area contributed by atoms with Gasteiger partial charge >= 0.3 is 0 Å². The number of non-ortho nitro benzene ring substituents is 1. The van der Waals surface area contributed by atoms with E-state index in [4.69, 9.17) is 9.47 Å². The van der Waals surface area contributed by atoms with E-state index in [1.54, 1.807) is 12.3 Å². The zero-order valence-electron chi connectivity index (χ0n) is 17.3. The van der Waals surface area contributed by atoms with E-state index in [0.717, 1.165) is 41.9 Å². The highest BCUT2D eigenvalue weighted by atomic mass is 32.1. The van der Waals surface area contributed by atoms with Crippen molar-refractivity contribution >= 4 is 27.2 Å². The van der Waals surface area contributed by atoms with E-state index in [2.05, 4.69) is 21.7 Å². The summed E-state index contributed by atoms with van der Waals surface area (Å²) in [5.74, 6) is 5.85. The Hall–Kier alpha value is -3.06. The van der Waals surface area contributed by atoms with Crippen LogP contribution < -0.4 is 4.74 Å². The SMILES string of the molecule is CC.O=[N+]([O-])c1ccc(Oc2ccnc3cc(C#CCN4CCOCC4)sc23)c(F)c1. The third-order valence-corrected chi connectivity index (χ3v) is 5.39. The monoisotopic (exact) mass is 443 g/mol. The van der Waals surface area contributed by atoms with Gasteiger partial charge in [-0.05, 0) is 12.1 Å². The normalized spacial score (nSPS) is 13.6. The van der Waals surface area contributed by atoms with Gasteiger partial charge < -0.3 is 9.47 Å². The molecule has 0 saturated carbocycles. The van der Waals surface area contributed by atoms with Crippen molar-refractivity contribution in [3.05, 3.63) is 57.3 Å². The quantitative estimate of drug-likeness (QED) is 0.326. The van der Waals surface area contributed by atoms with Crippen molar-refractivity contribution in [2.75, 3.05) is 32.8 Å². The standard InChI is InChI=1S/C20H16FN3O4S.C2H6/c21-16-12-14(24(25)26)3-4-18(16)28-19-5-6-22-17-13-15(29-20(17)19)2-1-7-23-8-10-27-11-9-23;1-2/h3-6,12-13H,7-11H2;1-2H3. The Balaban J connectivity index is 0.00000132. The van der Waals surface area contributed by atoms with E-state index in [1.807, 2.05) is 19.9 Å². The number of nitro groups is 1. The van der Waals surface area contributed by atoms with Crippen LogP contribution in [0.3, 0.4) is 0 Å². The van der Waals surface area contributed by atoms with Crippen molar-refractivity contribution in [2.45, 2.75) is 13.8 Å². The third-order valence-electron chi connectivity index (χ3n) is 4.34. The Bertz CT molecular complexity index is 1120. The van der Waals surface area contributed by atoms with Gasteiger partial charge in [-0.3, -0.25) is 20.0 Å². The molecule has 1 aromatic carbocycles. The van der Waals surface area contributed by atoms with Crippen LogP contribution in [0.1, 0.15) is 18.7 Å². The minimum atomic E-state index is -0.800. The van der Waals surface area contributed by atoms with E-state index in [1.165, 1.54) is 23.5 Å². The summed E-state index contributed by atoms with van der Waals surface area (Å²) in [6.45, 7) is 7.88. The molecule has 0 amide bonds. The van der Waals surface area contributed by atoms with Gasteiger partial charge in [0, 0.05) is 31.4 Å². The summed E-state index contributed by atoms with van der Waals surface area (Å²) < 4.78 is 25.9. The lowest BCUT2D eigenvalue weighted by Gasteiger charge is -2.24. The molecule has 3 aromatic rings. The van der Waals surface area contributed by atoms with Gasteiger partial charge in [0.15, 0.2) is 11.6 Å². The molecule has 1 saturated heterocycles. The van der Waals surface area contributed by atoms with Crippen LogP contribution in [0.25, 0.3) is 10.2 Å². The number of nitro benzene ring substituents is 1. The molecular weight excluding hydrogens is 421 g/mol. The van der Waals surface area contributed by atoms with Gasteiger partial charge in [-0.25, -0.2) is 4.39 Å². The predicted octanol–water partition coefficient (Wildman–Crippen LogP) is 4.85. The second kappa shape index (κ2) is 10.8. The molecule has 0 bridgehead atoms. The fourth-order valence-corrected chi connectivity index (χ4v) is 3.80. The van der Waals surface area contributed by atoms with Gasteiger partial charge in [-0.1, -0.05) is 25.7 Å². The van der Waals surface area contributed by atoms with E-state index in [-0.39, 0.29) is 11.4 Å². The van der Waals surface area contributed by atoms with Crippen molar-refractivity contribution in [1.29, 1.82) is 0 Å². The van der Waals surface area contributed by atoms with Crippen LogP contribution in [0, 0.1) is 27.8 Å². The molecule has 162 valence electrons. The molecule has 1 aliphatic rings. The molecule has 0 N–H and O–H groups in total. The van der Waals surface area contributed by atoms with Crippen molar-refractivity contribution in [2.24, 2.45) is 0 Å². The summed E-state index contributed by atoms with van der Waals surface area (Å²) in [5.41, 5.74) is 0.370. The molecule has 0 spiro atoms. The van der Waals surface area contributed by atoms with Gasteiger partial charge in [0.25, 0.3) is 5.69 Å². The summed E-state index contributed by atoms with van der Waals surface area (Å²) in [6.07, 6.45) is 1.57. The van der Waals surface area contributed by atoms with Gasteiger partial charge in [0.1, 0.15) is 5.75 Å². The molecule has 4 rings (SSSR count). The first-order chi connectivity index (χ1) is 15.1. The number of hydrogen-bond donors (Lipinski definition) is 0. The van der Waals surface area contributed by atoms with E-state index in [9.17, 15) is 14.5 Å². The first-order valence-electron chi connectivity index (χ1n) is 9.89. The van der Waals surface area contributed by atoms with Gasteiger partial charge in [-0.15, -0.1) is 11.3 Å². The highest BCUT2D eigenvalue weighted by Crippen LogP contribution is 2.36. The van der Waals surface area contributed by atoms with Crippen LogP contribution >= 0.6 is 11.3 Å². The molecule has 2 aromatic heterocycles. The molecule has 1 aliphatic heterocycles. The minimum Gasteiger partial charge on any atom is -0.453 e. The van der Waals surface area contributed by atoms with E-state index in [0.29, 0.717) is 17.8 Å². The molecule has 3 heterocycles. The van der Waals surface area contributed by atoms with Crippen molar-refractivity contribution in [1.82, 2.24) is 9.88 Å². The Morgan fingerprint density at radius 1 is 1.26 bits per heavy atom. The summed E-state index contributed by atoms with van der Waals surface area (Å²) >= 11 is 1.41. The molecule has 1 fully saturated rings. The number of fused-ring (bicyclic) bond motifs is 1. The minimum absolute atomic E-state index is 0.0866. The molecule has 9 heteroatoms. The number of morpholine rings is 1. The summed E-state index contributed by atoms with van der Waals surface area (Å²) in [4.78, 5) is 17.5. The van der Waals surface area contributed by atoms with Crippen LogP contribution in [0.2, 0.25) is 0 Å². The lowest BCUT2D eigenvalue weighted by molar-refractivity contribution is -0.385. The highest BCUT2D eigenvalue weighted by molar-refractivity contribution is 7.19. The number of pyridine rings is 1. The van der Waals surface area contributed by atoms with E-state index >= 15 is 0 Å². The number of rotatable bonds is 4. The number of aromatic nitrogens is 1. The maximum atomic E-state index is 14.2. The molecule has 0 radical (unpaired) electrons. The fourth-order valence-electron chi connectivity index (χ4n) is 2.86. The first-order valence-corrected chi connectivity index (χ1v) is 10.7. The fraction of sp³-hybridized carbons (Fsp3) is 0.318. The third kappa shape index (κ3) is 5.76. The number of halogens is 1. The van der Waals surface area contributed by atoms with Crippen LogP contribution in [0.5, 0.6) is 11.5 Å². The molecule has 7 nitrogen and oxygen atoms in total. The summed E-state index contributed by atoms with van der Waals surface area (Å²) in [5, 5.41) is 10.8. The highest BCUT2D eigenvalue weighted by Gasteiger charge is 2.15. The molecule has 0 aliphatic carbocycles. The van der Waals surface area contributed by atoms with Crippen molar-refractivity contribution in [3.8, 4) is 23.3 Å². The Kier molecular flexibility index (Phi) is 7.89. The van der Waals surface area contributed by atoms with Crippen LogP contribution in [0.15, 0.2) is 36.5 Å². The lowest BCUT2D eigenvalue weighted by atomic mass is 10.3. The van der Waals surface area contributed by atoms with Crippen LogP contribution in [0.4, 0.5) is 10.1 Å². The Labute approximate surface area is 183 Å². The predicted molar refractivity (Wildman–Crippen MR) is 118 cm³/mol. The lowest BCUT2D eigenvalue weighted by Crippen LogP contribution is -2.36. The summed E-state index contributed by atoms with van der Waals surface area (Å²) in [6, 6.07) is 6.78. The smallest absolute Gasteiger partial charge is 0.272 e. The molecular formula is C22H22FN3O4S. The zero-order valence-corrected chi connectivity index (χ0v) is 18.1. The number of hydrogen-bond acceptors (Lipinski definition) is 7. The van der Waals surface area contributed by atoms with Gasteiger partial charge in [0.05, 0.1) is 45.8 Å². The van der Waals surface area contributed by atoms with Crippen LogP contribution in [-0.4, -0.2) is 47.7 Å².